The third kappa shape index (κ3) is 2.78. The normalized spacial score (nSPS) is 10.2. The molecule has 0 fully saturated rings. The number of hydrogen-bond donors (Lipinski definition) is 1. The number of nitrogens with one attached hydrogen (secondary N) is 1. The number of rotatable bonds is 2. The van der Waals surface area contributed by atoms with Crippen LogP contribution < -0.4 is 5.32 Å². The monoisotopic (exact) mass is 284 g/mol. The molecule has 0 radical (unpaired) electrons. The smallest absolute Gasteiger partial charge is 0.258 e. The van der Waals surface area contributed by atoms with Gasteiger partial charge in [0.05, 0.1) is 15.6 Å². The number of benzene rings is 1. The first-order valence-electron chi connectivity index (χ1n) is 4.96. The zero-order valence-corrected chi connectivity index (χ0v) is 10.5. The predicted molar refractivity (Wildman–Crippen MR) is 68.6 cm³/mol. The fraction of sp³-hybridized carbons (Fsp3) is 0. The van der Waals surface area contributed by atoms with Crippen molar-refractivity contribution in [1.82, 2.24) is 4.98 Å². The molecule has 1 N–H and O–H groups in total. The summed E-state index contributed by atoms with van der Waals surface area (Å²) in [6.45, 7) is 0. The Morgan fingerprint density at radius 3 is 2.61 bits per heavy atom. The van der Waals surface area contributed by atoms with Crippen molar-refractivity contribution < 1.29 is 9.18 Å². The number of halogens is 3. The number of anilines is 1. The van der Waals surface area contributed by atoms with Gasteiger partial charge >= 0.3 is 0 Å². The van der Waals surface area contributed by atoms with E-state index in [9.17, 15) is 9.18 Å². The minimum absolute atomic E-state index is 0.107. The van der Waals surface area contributed by atoms with Crippen LogP contribution in [0.4, 0.5) is 10.2 Å². The topological polar surface area (TPSA) is 42.0 Å². The van der Waals surface area contributed by atoms with Crippen LogP contribution in [0.3, 0.4) is 0 Å². The maximum atomic E-state index is 12.9. The Bertz CT molecular complexity index is 604. The van der Waals surface area contributed by atoms with E-state index in [1.807, 2.05) is 0 Å². The van der Waals surface area contributed by atoms with Crippen molar-refractivity contribution in [3.63, 3.8) is 0 Å². The van der Waals surface area contributed by atoms with Gasteiger partial charge < -0.3 is 5.32 Å². The fourth-order valence-electron chi connectivity index (χ4n) is 1.34. The van der Waals surface area contributed by atoms with Gasteiger partial charge in [-0.15, -0.1) is 0 Å². The van der Waals surface area contributed by atoms with Crippen molar-refractivity contribution in [3.8, 4) is 0 Å². The lowest BCUT2D eigenvalue weighted by Gasteiger charge is -2.06. The lowest BCUT2D eigenvalue weighted by Crippen LogP contribution is -2.13. The number of carbonyl (C=O) groups is 1. The van der Waals surface area contributed by atoms with Gasteiger partial charge in [0.2, 0.25) is 5.95 Å². The summed E-state index contributed by atoms with van der Waals surface area (Å²) in [5.74, 6) is -1.07. The highest BCUT2D eigenvalue weighted by atomic mass is 35.5. The largest absolute Gasteiger partial charge is 0.306 e. The van der Waals surface area contributed by atoms with Crippen LogP contribution >= 0.6 is 23.2 Å². The molecule has 1 heterocycles. The number of amides is 1. The third-order valence-corrected chi connectivity index (χ3v) is 2.97. The van der Waals surface area contributed by atoms with Crippen LogP contribution in [0.25, 0.3) is 0 Å². The molecule has 1 amide bonds. The molecule has 3 nitrogen and oxygen atoms in total. The molecule has 0 aliphatic rings. The second-order valence-corrected chi connectivity index (χ2v) is 4.19. The average Bonchev–Trinajstić information content (AvgIpc) is 2.32. The van der Waals surface area contributed by atoms with Crippen LogP contribution in [-0.4, -0.2) is 10.9 Å². The van der Waals surface area contributed by atoms with Crippen LogP contribution in [-0.2, 0) is 0 Å². The summed E-state index contributed by atoms with van der Waals surface area (Å²) < 4.78 is 12.9. The Morgan fingerprint density at radius 1 is 1.17 bits per heavy atom. The van der Waals surface area contributed by atoms with Crippen LogP contribution in [0.2, 0.25) is 10.0 Å². The molecule has 0 atom stereocenters. The third-order valence-electron chi connectivity index (χ3n) is 2.15. The van der Waals surface area contributed by atoms with Gasteiger partial charge in [0.1, 0.15) is 5.82 Å². The van der Waals surface area contributed by atoms with Crippen molar-refractivity contribution >= 4 is 34.9 Å². The standard InChI is InChI=1S/C12H7Cl2FN2O/c13-8-4-1-3-7(11(8)14)12(18)17-10-6-2-5-9(15)16-10/h1-6H,(H,16,17,18). The van der Waals surface area contributed by atoms with E-state index in [-0.39, 0.29) is 21.4 Å². The van der Waals surface area contributed by atoms with Gasteiger partial charge in [-0.25, -0.2) is 4.98 Å². The summed E-state index contributed by atoms with van der Waals surface area (Å²) >= 11 is 11.7. The van der Waals surface area contributed by atoms with Crippen molar-refractivity contribution in [2.24, 2.45) is 0 Å². The molecule has 0 aliphatic carbocycles. The fourth-order valence-corrected chi connectivity index (χ4v) is 1.73. The highest BCUT2D eigenvalue weighted by Gasteiger charge is 2.13. The van der Waals surface area contributed by atoms with Crippen LogP contribution in [0.5, 0.6) is 0 Å². The van der Waals surface area contributed by atoms with Gasteiger partial charge in [0, 0.05) is 0 Å². The summed E-state index contributed by atoms with van der Waals surface area (Å²) in [4.78, 5) is 15.4. The van der Waals surface area contributed by atoms with Crippen LogP contribution in [0.1, 0.15) is 10.4 Å². The number of pyridine rings is 1. The second-order valence-electron chi connectivity index (χ2n) is 3.40. The van der Waals surface area contributed by atoms with E-state index in [4.69, 9.17) is 23.2 Å². The van der Waals surface area contributed by atoms with Gasteiger partial charge in [-0.3, -0.25) is 4.79 Å². The van der Waals surface area contributed by atoms with Crippen LogP contribution in [0, 0.1) is 5.95 Å². The Labute approximate surface area is 113 Å². The molecule has 1 aromatic heterocycles. The molecular weight excluding hydrogens is 278 g/mol. The molecule has 6 heteroatoms. The summed E-state index contributed by atoms with van der Waals surface area (Å²) in [5.41, 5.74) is 0.204. The van der Waals surface area contributed by atoms with E-state index in [0.29, 0.717) is 0 Å². The molecule has 0 saturated carbocycles. The Kier molecular flexibility index (Phi) is 3.79. The summed E-state index contributed by atoms with van der Waals surface area (Å²) in [6, 6.07) is 8.78. The van der Waals surface area contributed by atoms with Crippen molar-refractivity contribution in [2.75, 3.05) is 5.32 Å². The number of nitrogens with zero attached hydrogens (tertiary/aromatic N) is 1. The zero-order valence-electron chi connectivity index (χ0n) is 8.95. The molecule has 0 bridgehead atoms. The van der Waals surface area contributed by atoms with Gasteiger partial charge in [-0.1, -0.05) is 35.3 Å². The van der Waals surface area contributed by atoms with Crippen LogP contribution in [0.15, 0.2) is 36.4 Å². The molecule has 2 rings (SSSR count). The zero-order chi connectivity index (χ0) is 13.1. The van der Waals surface area contributed by atoms with Gasteiger partial charge in [-0.05, 0) is 24.3 Å². The van der Waals surface area contributed by atoms with E-state index in [1.165, 1.54) is 24.3 Å². The molecule has 92 valence electrons. The quantitative estimate of drug-likeness (QED) is 0.853. The van der Waals surface area contributed by atoms with Crippen molar-refractivity contribution in [1.29, 1.82) is 0 Å². The van der Waals surface area contributed by atoms with E-state index in [0.717, 1.165) is 0 Å². The first-order chi connectivity index (χ1) is 8.58. The molecule has 0 spiro atoms. The van der Waals surface area contributed by atoms with E-state index >= 15 is 0 Å². The summed E-state index contributed by atoms with van der Waals surface area (Å²) in [5, 5.41) is 2.85. The number of carbonyl (C=O) groups excluding carboxylic acids is 1. The van der Waals surface area contributed by atoms with Gasteiger partial charge in [0.15, 0.2) is 0 Å². The molecular formula is C12H7Cl2FN2O. The Balaban J connectivity index is 2.25. The second kappa shape index (κ2) is 5.33. The Hall–Kier alpha value is -1.65. The molecule has 0 saturated heterocycles. The highest BCUT2D eigenvalue weighted by Crippen LogP contribution is 2.25. The number of aromatic nitrogens is 1. The maximum Gasteiger partial charge on any atom is 0.258 e. The lowest BCUT2D eigenvalue weighted by molar-refractivity contribution is 0.102. The molecule has 1 aromatic carbocycles. The van der Waals surface area contributed by atoms with Gasteiger partial charge in [-0.2, -0.15) is 4.39 Å². The minimum atomic E-state index is -0.676. The van der Waals surface area contributed by atoms with Gasteiger partial charge in [0.25, 0.3) is 5.91 Å². The first-order valence-corrected chi connectivity index (χ1v) is 5.71. The SMILES string of the molecule is O=C(Nc1cccc(F)n1)c1cccc(Cl)c1Cl. The minimum Gasteiger partial charge on any atom is -0.306 e. The first kappa shape index (κ1) is 12.8. The molecule has 2 aromatic rings. The van der Waals surface area contributed by atoms with E-state index in [2.05, 4.69) is 10.3 Å². The highest BCUT2D eigenvalue weighted by molar-refractivity contribution is 6.44. The van der Waals surface area contributed by atoms with Crippen molar-refractivity contribution in [3.05, 3.63) is 58.0 Å². The summed E-state index contributed by atoms with van der Waals surface area (Å²) in [6.07, 6.45) is 0. The maximum absolute atomic E-state index is 12.9. The number of hydrogen-bond acceptors (Lipinski definition) is 2. The molecule has 18 heavy (non-hydrogen) atoms. The molecule has 0 aliphatic heterocycles. The average molecular weight is 285 g/mol. The van der Waals surface area contributed by atoms with E-state index < -0.39 is 11.9 Å². The van der Waals surface area contributed by atoms with Crippen molar-refractivity contribution in [2.45, 2.75) is 0 Å². The molecule has 0 unspecified atom stereocenters. The predicted octanol–water partition coefficient (Wildman–Crippen LogP) is 3.78. The Morgan fingerprint density at radius 2 is 1.89 bits per heavy atom. The van der Waals surface area contributed by atoms with E-state index in [1.54, 1.807) is 12.1 Å². The lowest BCUT2D eigenvalue weighted by atomic mass is 10.2. The summed E-state index contributed by atoms with van der Waals surface area (Å²) in [7, 11) is 0.